The molecule has 2 aromatic rings. The summed E-state index contributed by atoms with van der Waals surface area (Å²) in [5.41, 5.74) is 6.23. The summed E-state index contributed by atoms with van der Waals surface area (Å²) in [7, 11) is 0. The molecule has 1 unspecified atom stereocenters. The number of carbonyl (C=O) groups is 1. The maximum atomic E-state index is 15.2. The van der Waals surface area contributed by atoms with Crippen LogP contribution in [0.3, 0.4) is 0 Å². The van der Waals surface area contributed by atoms with Gasteiger partial charge in [0.25, 0.3) is 5.91 Å². The van der Waals surface area contributed by atoms with Gasteiger partial charge in [0.2, 0.25) is 0 Å². The number of benzene rings is 2. The van der Waals surface area contributed by atoms with Crippen LogP contribution in [0.4, 0.5) is 17.6 Å². The van der Waals surface area contributed by atoms with Gasteiger partial charge < -0.3 is 15.4 Å². The van der Waals surface area contributed by atoms with E-state index in [1.807, 2.05) is 0 Å². The third-order valence-electron chi connectivity index (χ3n) is 5.57. The highest BCUT2D eigenvalue weighted by atomic mass is 19.1. The number of rotatable bonds is 4. The minimum absolute atomic E-state index is 0.0164. The highest BCUT2D eigenvalue weighted by Crippen LogP contribution is 2.31. The molecule has 2 aromatic carbocycles. The normalized spacial score (nSPS) is 26.4. The third-order valence-corrected chi connectivity index (χ3v) is 5.57. The molecule has 0 radical (unpaired) electrons. The van der Waals surface area contributed by atoms with E-state index in [0.717, 1.165) is 12.1 Å². The van der Waals surface area contributed by atoms with Crippen LogP contribution in [0.25, 0.3) is 11.1 Å². The molecular formula is C21H20F4N2O2. The molecule has 2 fully saturated rings. The van der Waals surface area contributed by atoms with E-state index in [1.165, 1.54) is 17.0 Å². The van der Waals surface area contributed by atoms with Gasteiger partial charge in [-0.25, -0.2) is 17.6 Å². The Bertz CT molecular complexity index is 915. The summed E-state index contributed by atoms with van der Waals surface area (Å²) in [4.78, 5) is 13.9. The lowest BCUT2D eigenvalue weighted by Gasteiger charge is -2.33. The van der Waals surface area contributed by atoms with E-state index >= 15 is 4.39 Å². The largest absolute Gasteiger partial charge is 0.368 e. The molecule has 4 rings (SSSR count). The first-order chi connectivity index (χ1) is 13.8. The second-order valence-corrected chi connectivity index (χ2v) is 7.44. The molecule has 4 nitrogen and oxygen atoms in total. The molecule has 2 N–H and O–H groups in total. The van der Waals surface area contributed by atoms with Gasteiger partial charge in [-0.15, -0.1) is 0 Å². The predicted octanol–water partition coefficient (Wildman–Crippen LogP) is 2.98. The topological polar surface area (TPSA) is 55.6 Å². The quantitative estimate of drug-likeness (QED) is 0.792. The van der Waals surface area contributed by atoms with Crippen LogP contribution in [0.5, 0.6) is 0 Å². The van der Waals surface area contributed by atoms with Crippen LogP contribution < -0.4 is 5.73 Å². The van der Waals surface area contributed by atoms with E-state index in [-0.39, 0.29) is 35.6 Å². The number of amides is 1. The predicted molar refractivity (Wildman–Crippen MR) is 98.2 cm³/mol. The van der Waals surface area contributed by atoms with Crippen LogP contribution in [0.15, 0.2) is 36.4 Å². The van der Waals surface area contributed by atoms with Crippen molar-refractivity contribution in [3.05, 3.63) is 59.4 Å². The molecule has 2 heterocycles. The number of nitrogens with zero attached hydrogens (tertiary/aromatic N) is 1. The Balaban J connectivity index is 1.63. The van der Waals surface area contributed by atoms with Crippen molar-refractivity contribution in [1.82, 2.24) is 4.90 Å². The second kappa shape index (κ2) is 7.76. The monoisotopic (exact) mass is 408 g/mol. The van der Waals surface area contributed by atoms with Crippen molar-refractivity contribution in [1.29, 1.82) is 0 Å². The number of hydrogen-bond donors (Lipinski definition) is 1. The Hall–Kier alpha value is -2.45. The highest BCUT2D eigenvalue weighted by molar-refractivity contribution is 5.82. The molecule has 1 amide bonds. The lowest BCUT2D eigenvalue weighted by molar-refractivity contribution is -0.157. The van der Waals surface area contributed by atoms with Crippen molar-refractivity contribution >= 4 is 5.91 Å². The standard InChI is InChI=1S/C21H20F4N2O2/c22-13-6-12(7-14(23)9-13)15-3-1-2-11(19(15)25)8-17-20(26)16(24)10-27(17)21(28)18-4-5-29-18/h1-3,6-7,9,16-18,20H,4-5,8,10,26H2/t16-,17-,18?,20-/m0/s1. The minimum atomic E-state index is -1.42. The molecule has 2 aliphatic heterocycles. The molecule has 2 saturated heterocycles. The van der Waals surface area contributed by atoms with Gasteiger partial charge in [0.1, 0.15) is 29.7 Å². The van der Waals surface area contributed by atoms with E-state index < -0.39 is 41.8 Å². The van der Waals surface area contributed by atoms with Gasteiger partial charge in [0.05, 0.1) is 25.2 Å². The molecule has 0 bridgehead atoms. The van der Waals surface area contributed by atoms with Crippen LogP contribution in [0, 0.1) is 17.5 Å². The Labute approximate surface area is 165 Å². The molecular weight excluding hydrogens is 388 g/mol. The summed E-state index contributed by atoms with van der Waals surface area (Å²) in [5, 5.41) is 0. The smallest absolute Gasteiger partial charge is 0.252 e. The molecule has 8 heteroatoms. The molecule has 0 aromatic heterocycles. The van der Waals surface area contributed by atoms with Gasteiger partial charge >= 0.3 is 0 Å². The summed E-state index contributed by atoms with van der Waals surface area (Å²) >= 11 is 0. The number of hydrogen-bond acceptors (Lipinski definition) is 3. The first-order valence-electron chi connectivity index (χ1n) is 9.40. The Morgan fingerprint density at radius 3 is 2.48 bits per heavy atom. The fraction of sp³-hybridized carbons (Fsp3) is 0.381. The van der Waals surface area contributed by atoms with Crippen molar-refractivity contribution in [2.75, 3.05) is 13.2 Å². The number of ether oxygens (including phenoxy) is 1. The van der Waals surface area contributed by atoms with E-state index in [1.54, 1.807) is 6.07 Å². The van der Waals surface area contributed by atoms with Crippen LogP contribution in [0.1, 0.15) is 12.0 Å². The van der Waals surface area contributed by atoms with Crippen LogP contribution in [0.2, 0.25) is 0 Å². The average molecular weight is 408 g/mol. The average Bonchev–Trinajstić information content (AvgIpc) is 2.89. The molecule has 0 aliphatic carbocycles. The summed E-state index contributed by atoms with van der Waals surface area (Å²) in [6, 6.07) is 5.52. The van der Waals surface area contributed by atoms with E-state index in [4.69, 9.17) is 10.5 Å². The molecule has 154 valence electrons. The summed E-state index contributed by atoms with van der Waals surface area (Å²) in [6.45, 7) is 0.307. The van der Waals surface area contributed by atoms with E-state index in [2.05, 4.69) is 0 Å². The lowest BCUT2D eigenvalue weighted by Crippen LogP contribution is -2.51. The van der Waals surface area contributed by atoms with Gasteiger partial charge in [-0.1, -0.05) is 18.2 Å². The molecule has 29 heavy (non-hydrogen) atoms. The Morgan fingerprint density at radius 2 is 1.86 bits per heavy atom. The van der Waals surface area contributed by atoms with Crippen LogP contribution in [-0.2, 0) is 16.0 Å². The van der Waals surface area contributed by atoms with Gasteiger partial charge in [-0.2, -0.15) is 0 Å². The fourth-order valence-electron chi connectivity index (χ4n) is 3.90. The maximum Gasteiger partial charge on any atom is 0.252 e. The zero-order valence-electron chi connectivity index (χ0n) is 15.5. The number of halogens is 4. The van der Waals surface area contributed by atoms with E-state index in [9.17, 15) is 18.0 Å². The van der Waals surface area contributed by atoms with Gasteiger partial charge in [0.15, 0.2) is 0 Å². The van der Waals surface area contributed by atoms with Crippen molar-refractivity contribution in [3.8, 4) is 11.1 Å². The zero-order valence-corrected chi connectivity index (χ0v) is 15.5. The van der Waals surface area contributed by atoms with Gasteiger partial charge in [0, 0.05) is 18.1 Å². The fourth-order valence-corrected chi connectivity index (χ4v) is 3.90. The Morgan fingerprint density at radius 1 is 1.17 bits per heavy atom. The van der Waals surface area contributed by atoms with Gasteiger partial charge in [-0.3, -0.25) is 4.79 Å². The third kappa shape index (κ3) is 3.74. The number of carbonyl (C=O) groups excluding carboxylic acids is 1. The van der Waals surface area contributed by atoms with Gasteiger partial charge in [-0.05, 0) is 29.7 Å². The highest BCUT2D eigenvalue weighted by Gasteiger charge is 2.45. The summed E-state index contributed by atoms with van der Waals surface area (Å²) in [6.07, 6.45) is -1.49. The van der Waals surface area contributed by atoms with Crippen LogP contribution in [-0.4, -0.2) is 48.3 Å². The Kier molecular flexibility index (Phi) is 5.31. The first kappa shape index (κ1) is 19.8. The SMILES string of the molecule is N[C@H]1[C@@H](F)CN(C(=O)C2CCO2)[C@H]1Cc1cccc(-c2cc(F)cc(F)c2)c1F. The van der Waals surface area contributed by atoms with Crippen molar-refractivity contribution in [3.63, 3.8) is 0 Å². The molecule has 2 aliphatic rings. The minimum Gasteiger partial charge on any atom is -0.368 e. The van der Waals surface area contributed by atoms with E-state index in [0.29, 0.717) is 19.1 Å². The summed E-state index contributed by atoms with van der Waals surface area (Å²) in [5.74, 6) is -2.67. The number of alkyl halides is 1. The second-order valence-electron chi connectivity index (χ2n) is 7.44. The molecule has 0 saturated carbocycles. The number of nitrogens with two attached hydrogens (primary N) is 1. The first-order valence-corrected chi connectivity index (χ1v) is 9.40. The van der Waals surface area contributed by atoms with Crippen molar-refractivity contribution in [2.24, 2.45) is 5.73 Å². The van der Waals surface area contributed by atoms with Crippen molar-refractivity contribution in [2.45, 2.75) is 37.2 Å². The van der Waals surface area contributed by atoms with Crippen LogP contribution >= 0.6 is 0 Å². The molecule has 0 spiro atoms. The lowest BCUT2D eigenvalue weighted by atomic mass is 9.95. The molecule has 4 atom stereocenters. The summed E-state index contributed by atoms with van der Waals surface area (Å²) < 4.78 is 61.7. The van der Waals surface area contributed by atoms with Crippen molar-refractivity contribution < 1.29 is 27.1 Å². The maximum absolute atomic E-state index is 15.2. The number of likely N-dealkylation sites (tertiary alicyclic amines) is 1. The zero-order chi connectivity index (χ0) is 20.7.